The Balaban J connectivity index is 2.28. The number of hydrogen-bond donors (Lipinski definition) is 1. The van der Waals surface area contributed by atoms with Crippen LogP contribution in [0.4, 0.5) is 18.9 Å². The van der Waals surface area contributed by atoms with E-state index in [0.717, 1.165) is 6.07 Å². The van der Waals surface area contributed by atoms with E-state index in [1.165, 1.54) is 12.1 Å². The average molecular weight is 301 g/mol. The Morgan fingerprint density at radius 3 is 2.57 bits per heavy atom. The van der Waals surface area contributed by atoms with E-state index in [1.54, 1.807) is 4.90 Å². The van der Waals surface area contributed by atoms with Crippen LogP contribution >= 0.6 is 0 Å². The number of hydrogen-bond acceptors (Lipinski definition) is 3. The summed E-state index contributed by atoms with van der Waals surface area (Å²) in [4.78, 5) is 16.1. The Hall–Kier alpha value is -1.76. The first-order valence-corrected chi connectivity index (χ1v) is 6.67. The smallest absolute Gasteiger partial charge is 0.398 e. The van der Waals surface area contributed by atoms with Gasteiger partial charge < -0.3 is 15.5 Å². The quantitative estimate of drug-likeness (QED) is 0.808. The summed E-state index contributed by atoms with van der Waals surface area (Å²) >= 11 is 0. The van der Waals surface area contributed by atoms with Gasteiger partial charge in [0.15, 0.2) is 0 Å². The molecule has 4 nitrogen and oxygen atoms in total. The first-order valence-electron chi connectivity index (χ1n) is 6.67. The van der Waals surface area contributed by atoms with E-state index in [1.807, 2.05) is 14.0 Å². The number of carbonyl (C=O) groups excluding carboxylic acids is 1. The third kappa shape index (κ3) is 3.12. The topological polar surface area (TPSA) is 49.6 Å². The number of benzene rings is 1. The lowest BCUT2D eigenvalue weighted by Gasteiger charge is -2.37. The summed E-state index contributed by atoms with van der Waals surface area (Å²) in [6.45, 7) is 3.61. The van der Waals surface area contributed by atoms with Crippen molar-refractivity contribution in [2.75, 3.05) is 32.4 Å². The number of amides is 1. The van der Waals surface area contributed by atoms with E-state index < -0.39 is 23.3 Å². The summed E-state index contributed by atoms with van der Waals surface area (Å²) in [5.41, 5.74) is 4.02. The number of likely N-dealkylation sites (N-methyl/N-ethyl adjacent to an activating group) is 1. The standard InChI is InChI=1S/C14H18F3N3O/c1-9-8-20(7-6-19(9)2)13(21)10-4-3-5-11(12(10)18)14(15,16)17/h3-5,9H,6-8,18H2,1-2H3. The van der Waals surface area contributed by atoms with Crippen molar-refractivity contribution in [1.29, 1.82) is 0 Å². The normalized spacial score (nSPS) is 20.6. The fourth-order valence-electron chi connectivity index (χ4n) is 2.40. The van der Waals surface area contributed by atoms with Crippen LogP contribution in [0.25, 0.3) is 0 Å². The minimum absolute atomic E-state index is 0.0819. The highest BCUT2D eigenvalue weighted by atomic mass is 19.4. The molecule has 0 radical (unpaired) electrons. The molecule has 2 rings (SSSR count). The van der Waals surface area contributed by atoms with E-state index in [-0.39, 0.29) is 11.6 Å². The number of nitrogens with two attached hydrogens (primary N) is 1. The van der Waals surface area contributed by atoms with Crippen molar-refractivity contribution >= 4 is 11.6 Å². The SMILES string of the molecule is CC1CN(C(=O)c2cccc(C(F)(F)F)c2N)CCN1C. The number of para-hydroxylation sites is 1. The third-order valence-corrected chi connectivity index (χ3v) is 3.89. The second-order valence-corrected chi connectivity index (χ2v) is 5.35. The van der Waals surface area contributed by atoms with Crippen molar-refractivity contribution in [1.82, 2.24) is 9.80 Å². The van der Waals surface area contributed by atoms with Gasteiger partial charge in [-0.1, -0.05) is 6.07 Å². The average Bonchev–Trinajstić information content (AvgIpc) is 2.40. The molecule has 21 heavy (non-hydrogen) atoms. The molecule has 7 heteroatoms. The maximum absolute atomic E-state index is 12.8. The van der Waals surface area contributed by atoms with Crippen molar-refractivity contribution in [3.05, 3.63) is 29.3 Å². The number of carbonyl (C=O) groups is 1. The highest BCUT2D eigenvalue weighted by molar-refractivity contribution is 6.00. The third-order valence-electron chi connectivity index (χ3n) is 3.89. The molecule has 0 aromatic heterocycles. The van der Waals surface area contributed by atoms with Gasteiger partial charge in [0.25, 0.3) is 5.91 Å². The second-order valence-electron chi connectivity index (χ2n) is 5.35. The second kappa shape index (κ2) is 5.55. The largest absolute Gasteiger partial charge is 0.418 e. The van der Waals surface area contributed by atoms with Gasteiger partial charge in [0.2, 0.25) is 0 Å². The van der Waals surface area contributed by atoms with Gasteiger partial charge in [-0.2, -0.15) is 13.2 Å². The zero-order chi connectivity index (χ0) is 15.8. The molecule has 1 aliphatic rings. The number of nitrogens with zero attached hydrogens (tertiary/aromatic N) is 2. The molecule has 1 amide bonds. The van der Waals surface area contributed by atoms with Crippen LogP contribution in [-0.2, 0) is 6.18 Å². The summed E-state index contributed by atoms with van der Waals surface area (Å²) in [6.07, 6.45) is -4.56. The lowest BCUT2D eigenvalue weighted by atomic mass is 10.0. The van der Waals surface area contributed by atoms with Gasteiger partial charge in [-0.05, 0) is 26.1 Å². The number of anilines is 1. The van der Waals surface area contributed by atoms with E-state index >= 15 is 0 Å². The van der Waals surface area contributed by atoms with E-state index in [2.05, 4.69) is 4.90 Å². The van der Waals surface area contributed by atoms with Crippen molar-refractivity contribution in [3.63, 3.8) is 0 Å². The van der Waals surface area contributed by atoms with Crippen molar-refractivity contribution in [2.45, 2.75) is 19.1 Å². The molecule has 1 aromatic rings. The summed E-state index contributed by atoms with van der Waals surface area (Å²) in [7, 11) is 1.95. The molecular formula is C14H18F3N3O. The minimum Gasteiger partial charge on any atom is -0.398 e. The van der Waals surface area contributed by atoms with Crippen LogP contribution in [-0.4, -0.2) is 48.4 Å². The van der Waals surface area contributed by atoms with E-state index in [9.17, 15) is 18.0 Å². The summed E-state index contributed by atoms with van der Waals surface area (Å²) in [5, 5.41) is 0. The fraction of sp³-hybridized carbons (Fsp3) is 0.500. The zero-order valence-corrected chi connectivity index (χ0v) is 11.9. The molecule has 0 saturated carbocycles. The molecule has 1 heterocycles. The van der Waals surface area contributed by atoms with Gasteiger partial charge in [-0.3, -0.25) is 4.79 Å². The number of piperazine rings is 1. The van der Waals surface area contributed by atoms with Crippen LogP contribution in [0.1, 0.15) is 22.8 Å². The van der Waals surface area contributed by atoms with Gasteiger partial charge in [0.05, 0.1) is 16.8 Å². The molecule has 0 aliphatic carbocycles. The van der Waals surface area contributed by atoms with Crippen molar-refractivity contribution < 1.29 is 18.0 Å². The number of rotatable bonds is 1. The van der Waals surface area contributed by atoms with Crippen LogP contribution in [0.5, 0.6) is 0 Å². The first kappa shape index (κ1) is 15.6. The Morgan fingerprint density at radius 1 is 1.33 bits per heavy atom. The molecule has 1 fully saturated rings. The molecule has 0 bridgehead atoms. The monoisotopic (exact) mass is 301 g/mol. The Bertz CT molecular complexity index is 545. The zero-order valence-electron chi connectivity index (χ0n) is 11.9. The van der Waals surface area contributed by atoms with Crippen molar-refractivity contribution in [2.24, 2.45) is 0 Å². The lowest BCUT2D eigenvalue weighted by Crippen LogP contribution is -2.52. The predicted octanol–water partition coefficient (Wildman–Crippen LogP) is 2.06. The van der Waals surface area contributed by atoms with Gasteiger partial charge in [-0.25, -0.2) is 0 Å². The van der Waals surface area contributed by atoms with Crippen LogP contribution in [0.2, 0.25) is 0 Å². The van der Waals surface area contributed by atoms with Crippen molar-refractivity contribution in [3.8, 4) is 0 Å². The molecule has 1 atom stereocenters. The fourth-order valence-corrected chi connectivity index (χ4v) is 2.40. The number of alkyl halides is 3. The molecule has 1 aliphatic heterocycles. The number of nitrogen functional groups attached to an aromatic ring is 1. The lowest BCUT2D eigenvalue weighted by molar-refractivity contribution is -0.136. The Morgan fingerprint density at radius 2 is 2.00 bits per heavy atom. The van der Waals surface area contributed by atoms with Gasteiger partial charge in [0.1, 0.15) is 0 Å². The van der Waals surface area contributed by atoms with Gasteiger partial charge >= 0.3 is 6.18 Å². The summed E-state index contributed by atoms with van der Waals surface area (Å²) < 4.78 is 38.5. The molecule has 0 spiro atoms. The minimum atomic E-state index is -4.56. The molecule has 1 aromatic carbocycles. The Labute approximate surface area is 121 Å². The Kier molecular flexibility index (Phi) is 4.13. The highest BCUT2D eigenvalue weighted by Gasteiger charge is 2.35. The first-order chi connectivity index (χ1) is 9.71. The van der Waals surface area contributed by atoms with Gasteiger partial charge in [-0.15, -0.1) is 0 Å². The molecule has 2 N–H and O–H groups in total. The van der Waals surface area contributed by atoms with Crippen LogP contribution in [0, 0.1) is 0 Å². The molecular weight excluding hydrogens is 283 g/mol. The van der Waals surface area contributed by atoms with Gasteiger partial charge in [0, 0.05) is 25.7 Å². The summed E-state index contributed by atoms with van der Waals surface area (Å²) in [6, 6.07) is 3.61. The van der Waals surface area contributed by atoms with Crippen LogP contribution in [0.15, 0.2) is 18.2 Å². The molecule has 1 unspecified atom stereocenters. The van der Waals surface area contributed by atoms with Crippen LogP contribution < -0.4 is 5.73 Å². The maximum Gasteiger partial charge on any atom is 0.418 e. The van der Waals surface area contributed by atoms with Crippen LogP contribution in [0.3, 0.4) is 0 Å². The predicted molar refractivity (Wildman–Crippen MR) is 73.9 cm³/mol. The summed E-state index contributed by atoms with van der Waals surface area (Å²) in [5.74, 6) is -0.446. The van der Waals surface area contributed by atoms with E-state index in [4.69, 9.17) is 5.73 Å². The maximum atomic E-state index is 12.8. The molecule has 116 valence electrons. The van der Waals surface area contributed by atoms with E-state index in [0.29, 0.717) is 19.6 Å². The highest BCUT2D eigenvalue weighted by Crippen LogP contribution is 2.35. The number of halogens is 3. The molecule has 1 saturated heterocycles.